The number of hydrogen-bond donors (Lipinski definition) is 2. The van der Waals surface area contributed by atoms with Crippen molar-refractivity contribution in [2.24, 2.45) is 0 Å². The van der Waals surface area contributed by atoms with Gasteiger partial charge >= 0.3 is 12.1 Å². The number of halogens is 4. The van der Waals surface area contributed by atoms with Gasteiger partial charge in [-0.05, 0) is 38.0 Å². The molecule has 11 nitrogen and oxygen atoms in total. The van der Waals surface area contributed by atoms with Crippen molar-refractivity contribution < 1.29 is 36.9 Å². The molecular formula is C24H24F4N6O5. The summed E-state index contributed by atoms with van der Waals surface area (Å²) in [6.45, 7) is 4.53. The lowest BCUT2D eigenvalue weighted by molar-refractivity contribution is -0.192. The van der Waals surface area contributed by atoms with Gasteiger partial charge in [0.2, 0.25) is 0 Å². The highest BCUT2D eigenvalue weighted by molar-refractivity contribution is 5.73. The van der Waals surface area contributed by atoms with Crippen molar-refractivity contribution in [1.82, 2.24) is 24.6 Å². The SMILES string of the molecule is CC(c1nc2c(cnn2C2CCOCC2)c(=O)[nH]1)N1CC(Oc2ccc(F)cc2C#N)C1.O=C(O)C(F)(F)F. The molecule has 2 N–H and O–H groups in total. The molecule has 0 bridgehead atoms. The Morgan fingerprint density at radius 2 is 1.97 bits per heavy atom. The molecule has 15 heteroatoms. The van der Waals surface area contributed by atoms with Crippen molar-refractivity contribution in [2.75, 3.05) is 26.3 Å². The van der Waals surface area contributed by atoms with E-state index >= 15 is 0 Å². The van der Waals surface area contributed by atoms with Crippen LogP contribution in [0, 0.1) is 17.1 Å². The van der Waals surface area contributed by atoms with Crippen molar-refractivity contribution in [3.8, 4) is 11.8 Å². The van der Waals surface area contributed by atoms with Crippen LogP contribution in [0.15, 0.2) is 29.2 Å². The molecule has 0 saturated carbocycles. The van der Waals surface area contributed by atoms with Gasteiger partial charge in [-0.25, -0.2) is 18.9 Å². The molecule has 2 aromatic heterocycles. The van der Waals surface area contributed by atoms with Crippen LogP contribution < -0.4 is 10.3 Å². The summed E-state index contributed by atoms with van der Waals surface area (Å²) in [6.07, 6.45) is -1.95. The molecule has 5 rings (SSSR count). The molecule has 1 unspecified atom stereocenters. The summed E-state index contributed by atoms with van der Waals surface area (Å²) in [5.74, 6) is -2.27. The number of likely N-dealkylation sites (tertiary alicyclic amines) is 1. The number of rotatable bonds is 5. The Balaban J connectivity index is 0.000000448. The van der Waals surface area contributed by atoms with Crippen LogP contribution in [0.3, 0.4) is 0 Å². The number of aliphatic carboxylic acids is 1. The summed E-state index contributed by atoms with van der Waals surface area (Å²) in [4.78, 5) is 31.3. The average Bonchev–Trinajstić information content (AvgIpc) is 3.31. The molecular weight excluding hydrogens is 528 g/mol. The first-order valence-electron chi connectivity index (χ1n) is 11.9. The number of hydrogen-bond acceptors (Lipinski definition) is 8. The quantitative estimate of drug-likeness (QED) is 0.456. The first kappa shape index (κ1) is 28.0. The number of carboxylic acid groups (broad SMARTS) is 1. The van der Waals surface area contributed by atoms with Crippen molar-refractivity contribution >= 4 is 17.0 Å². The van der Waals surface area contributed by atoms with Gasteiger partial charge < -0.3 is 19.6 Å². The second-order valence-electron chi connectivity index (χ2n) is 9.05. The number of fused-ring (bicyclic) bond motifs is 1. The number of nitrogens with one attached hydrogen (secondary N) is 1. The molecule has 2 saturated heterocycles. The summed E-state index contributed by atoms with van der Waals surface area (Å²) < 4.78 is 58.2. The lowest BCUT2D eigenvalue weighted by Gasteiger charge is -2.42. The van der Waals surface area contributed by atoms with Gasteiger partial charge in [-0.1, -0.05) is 0 Å². The van der Waals surface area contributed by atoms with Crippen molar-refractivity contribution in [1.29, 1.82) is 5.26 Å². The molecule has 2 aliphatic heterocycles. The third-order valence-corrected chi connectivity index (χ3v) is 6.44. The topological polar surface area (TPSA) is 146 Å². The Morgan fingerprint density at radius 1 is 1.31 bits per heavy atom. The number of ether oxygens (including phenoxy) is 2. The van der Waals surface area contributed by atoms with Gasteiger partial charge in [0, 0.05) is 26.3 Å². The van der Waals surface area contributed by atoms with E-state index in [-0.39, 0.29) is 29.3 Å². The summed E-state index contributed by atoms with van der Waals surface area (Å²) in [7, 11) is 0. The number of aromatic nitrogens is 4. The number of benzene rings is 1. The second kappa shape index (κ2) is 11.4. The van der Waals surface area contributed by atoms with E-state index in [0.29, 0.717) is 48.9 Å². The lowest BCUT2D eigenvalue weighted by Crippen LogP contribution is -2.54. The highest BCUT2D eigenvalue weighted by atomic mass is 19.4. The minimum atomic E-state index is -5.08. The van der Waals surface area contributed by atoms with E-state index in [1.165, 1.54) is 18.2 Å². The maximum atomic E-state index is 13.3. The number of alkyl halides is 3. The molecule has 2 aliphatic rings. The van der Waals surface area contributed by atoms with Crippen molar-refractivity contribution in [3.05, 3.63) is 52.0 Å². The van der Waals surface area contributed by atoms with Crippen LogP contribution in [0.1, 0.15) is 43.2 Å². The molecule has 39 heavy (non-hydrogen) atoms. The molecule has 1 aromatic carbocycles. The van der Waals surface area contributed by atoms with Gasteiger partial charge in [0.15, 0.2) is 5.65 Å². The lowest BCUT2D eigenvalue weighted by atomic mass is 10.1. The minimum Gasteiger partial charge on any atom is -0.486 e. The molecule has 208 valence electrons. The number of H-pyrrole nitrogens is 1. The van der Waals surface area contributed by atoms with E-state index < -0.39 is 18.0 Å². The zero-order valence-electron chi connectivity index (χ0n) is 20.6. The highest BCUT2D eigenvalue weighted by Crippen LogP contribution is 2.29. The first-order valence-corrected chi connectivity index (χ1v) is 11.9. The fraction of sp³-hybridized carbons (Fsp3) is 0.458. The van der Waals surface area contributed by atoms with Crippen LogP contribution in [0.2, 0.25) is 0 Å². The molecule has 4 heterocycles. The van der Waals surface area contributed by atoms with E-state index in [4.69, 9.17) is 24.4 Å². The summed E-state index contributed by atoms with van der Waals surface area (Å²) in [6, 6.07) is 5.92. The monoisotopic (exact) mass is 552 g/mol. The summed E-state index contributed by atoms with van der Waals surface area (Å²) in [5.41, 5.74) is 0.573. The molecule has 3 aromatic rings. The third kappa shape index (κ3) is 6.35. The van der Waals surface area contributed by atoms with E-state index in [1.807, 2.05) is 17.7 Å². The van der Waals surface area contributed by atoms with Gasteiger partial charge in [-0.3, -0.25) is 9.69 Å². The predicted octanol–water partition coefficient (Wildman–Crippen LogP) is 2.94. The number of aromatic amines is 1. The van der Waals surface area contributed by atoms with E-state index in [2.05, 4.69) is 15.0 Å². The van der Waals surface area contributed by atoms with Crippen LogP contribution >= 0.6 is 0 Å². The fourth-order valence-electron chi connectivity index (χ4n) is 4.25. The predicted molar refractivity (Wildman–Crippen MR) is 126 cm³/mol. The van der Waals surface area contributed by atoms with Gasteiger partial charge in [-0.2, -0.15) is 23.5 Å². The Bertz CT molecular complexity index is 1440. The smallest absolute Gasteiger partial charge is 0.486 e. The van der Waals surface area contributed by atoms with Crippen LogP contribution in [-0.4, -0.2) is 74.3 Å². The second-order valence-corrected chi connectivity index (χ2v) is 9.05. The third-order valence-electron chi connectivity index (χ3n) is 6.44. The Labute approximate surface area is 218 Å². The van der Waals surface area contributed by atoms with E-state index in [1.54, 1.807) is 6.20 Å². The Hall–Kier alpha value is -4.03. The van der Waals surface area contributed by atoms with Crippen LogP contribution in [-0.2, 0) is 9.53 Å². The zero-order valence-corrected chi connectivity index (χ0v) is 20.6. The van der Waals surface area contributed by atoms with E-state index in [9.17, 15) is 27.6 Å². The standard InChI is InChI=1S/C22H23FN6O3.C2HF3O2/c1-13(28-11-17(12-28)32-19-3-2-15(23)8-14(19)9-24)20-26-21-18(22(30)27-20)10-25-29(21)16-4-6-31-7-5-16;3-2(4,5)1(6)7/h2-3,8,10,13,16-17H,4-7,11-12H2,1H3,(H,26,27,30);(H,6,7). The first-order chi connectivity index (χ1) is 18.5. The van der Waals surface area contributed by atoms with Crippen LogP contribution in [0.4, 0.5) is 17.6 Å². The van der Waals surface area contributed by atoms with Gasteiger partial charge in [0.1, 0.15) is 35.0 Å². The molecule has 0 aliphatic carbocycles. The summed E-state index contributed by atoms with van der Waals surface area (Å²) >= 11 is 0. The van der Waals surface area contributed by atoms with Crippen molar-refractivity contribution in [3.63, 3.8) is 0 Å². The average molecular weight is 552 g/mol. The molecule has 0 radical (unpaired) electrons. The number of nitriles is 1. The highest BCUT2D eigenvalue weighted by Gasteiger charge is 2.38. The van der Waals surface area contributed by atoms with Gasteiger partial charge in [0.05, 0.1) is 23.8 Å². The number of carboxylic acids is 1. The molecule has 2 fully saturated rings. The Kier molecular flexibility index (Phi) is 8.17. The van der Waals surface area contributed by atoms with Gasteiger partial charge in [0.25, 0.3) is 5.56 Å². The maximum Gasteiger partial charge on any atom is 0.490 e. The molecule has 1 atom stereocenters. The number of carbonyl (C=O) groups is 1. The number of nitrogens with zero attached hydrogens (tertiary/aromatic N) is 5. The minimum absolute atomic E-state index is 0.127. The largest absolute Gasteiger partial charge is 0.490 e. The normalized spacial score (nSPS) is 17.5. The zero-order chi connectivity index (χ0) is 28.3. The van der Waals surface area contributed by atoms with Crippen molar-refractivity contribution in [2.45, 2.75) is 44.1 Å². The fourth-order valence-corrected chi connectivity index (χ4v) is 4.25. The maximum absolute atomic E-state index is 13.3. The molecule has 0 spiro atoms. The van der Waals surface area contributed by atoms with E-state index in [0.717, 1.165) is 12.8 Å². The van der Waals surface area contributed by atoms with Gasteiger partial charge in [-0.15, -0.1) is 0 Å². The van der Waals surface area contributed by atoms with Crippen LogP contribution in [0.25, 0.3) is 11.0 Å². The summed E-state index contributed by atoms with van der Waals surface area (Å²) in [5, 5.41) is 21.2. The Morgan fingerprint density at radius 3 is 2.59 bits per heavy atom. The molecule has 0 amide bonds. The van der Waals surface area contributed by atoms with Crippen LogP contribution in [0.5, 0.6) is 5.75 Å².